The molecule has 0 heterocycles. The van der Waals surface area contributed by atoms with Gasteiger partial charge in [-0.25, -0.2) is 0 Å². The smallest absolute Gasteiger partial charge is 0.305 e. The molecule has 2 amide bonds. The fraction of sp³-hybridized carbons (Fsp3) is 0.438. The van der Waals surface area contributed by atoms with Crippen LogP contribution in [-0.4, -0.2) is 31.4 Å². The third-order valence-electron chi connectivity index (χ3n) is 3.02. The number of amides is 2. The largest absolute Gasteiger partial charge is 0.469 e. The van der Waals surface area contributed by atoms with Crippen molar-refractivity contribution in [2.24, 2.45) is 0 Å². The van der Waals surface area contributed by atoms with Crippen molar-refractivity contribution in [1.29, 1.82) is 0 Å². The lowest BCUT2D eigenvalue weighted by Crippen LogP contribution is -2.24. The van der Waals surface area contributed by atoms with Gasteiger partial charge >= 0.3 is 5.97 Å². The molecule has 1 rings (SSSR count). The Morgan fingerprint density at radius 1 is 1.14 bits per heavy atom. The average molecular weight is 306 g/mol. The van der Waals surface area contributed by atoms with E-state index in [1.807, 2.05) is 0 Å². The number of rotatable bonds is 8. The summed E-state index contributed by atoms with van der Waals surface area (Å²) in [6.07, 6.45) is 2.80. The van der Waals surface area contributed by atoms with Gasteiger partial charge in [0.15, 0.2) is 0 Å². The van der Waals surface area contributed by atoms with E-state index in [1.54, 1.807) is 24.3 Å². The van der Waals surface area contributed by atoms with Crippen LogP contribution in [0.15, 0.2) is 24.3 Å². The third-order valence-corrected chi connectivity index (χ3v) is 3.02. The van der Waals surface area contributed by atoms with Gasteiger partial charge < -0.3 is 15.4 Å². The van der Waals surface area contributed by atoms with Crippen LogP contribution in [0.2, 0.25) is 0 Å². The second-order valence-electron chi connectivity index (χ2n) is 4.90. The van der Waals surface area contributed by atoms with Crippen LogP contribution in [-0.2, 0) is 14.3 Å². The second-order valence-corrected chi connectivity index (χ2v) is 4.90. The highest BCUT2D eigenvalue weighted by molar-refractivity contribution is 5.96. The number of methoxy groups -OCH3 is 1. The van der Waals surface area contributed by atoms with Gasteiger partial charge in [-0.05, 0) is 31.0 Å². The predicted molar refractivity (Wildman–Crippen MR) is 83.6 cm³/mol. The number of benzene rings is 1. The molecule has 0 atom stereocenters. The van der Waals surface area contributed by atoms with Crippen molar-refractivity contribution in [3.8, 4) is 0 Å². The molecule has 6 nitrogen and oxygen atoms in total. The Balaban J connectivity index is 2.30. The summed E-state index contributed by atoms with van der Waals surface area (Å²) >= 11 is 0. The lowest BCUT2D eigenvalue weighted by atomic mass is 10.1. The molecule has 0 spiro atoms. The van der Waals surface area contributed by atoms with E-state index in [4.69, 9.17) is 0 Å². The second kappa shape index (κ2) is 9.55. The molecule has 2 N–H and O–H groups in total. The normalized spacial score (nSPS) is 9.91. The predicted octanol–water partition coefficient (Wildman–Crippen LogP) is 2.11. The topological polar surface area (TPSA) is 84.5 Å². The first-order valence-electron chi connectivity index (χ1n) is 7.25. The van der Waals surface area contributed by atoms with Crippen LogP contribution in [0.1, 0.15) is 43.0 Å². The van der Waals surface area contributed by atoms with Gasteiger partial charge in [0, 0.05) is 31.1 Å². The number of anilines is 1. The van der Waals surface area contributed by atoms with Crippen molar-refractivity contribution in [2.75, 3.05) is 19.0 Å². The molecule has 120 valence electrons. The van der Waals surface area contributed by atoms with Gasteiger partial charge in [-0.15, -0.1) is 0 Å². The lowest BCUT2D eigenvalue weighted by Gasteiger charge is -2.07. The van der Waals surface area contributed by atoms with Gasteiger partial charge in [0.05, 0.1) is 7.11 Å². The molecule has 0 unspecified atom stereocenters. The summed E-state index contributed by atoms with van der Waals surface area (Å²) in [6.45, 7) is 1.96. The molecule has 1 aromatic rings. The number of carbonyl (C=O) groups is 3. The van der Waals surface area contributed by atoms with E-state index in [0.717, 1.165) is 19.3 Å². The van der Waals surface area contributed by atoms with Crippen LogP contribution in [0.25, 0.3) is 0 Å². The van der Waals surface area contributed by atoms with Crippen molar-refractivity contribution in [2.45, 2.75) is 32.6 Å². The van der Waals surface area contributed by atoms with Crippen LogP contribution in [0.4, 0.5) is 5.69 Å². The van der Waals surface area contributed by atoms with Crippen LogP contribution in [0.3, 0.4) is 0 Å². The summed E-state index contributed by atoms with van der Waals surface area (Å²) in [5.41, 5.74) is 1.10. The summed E-state index contributed by atoms with van der Waals surface area (Å²) in [4.78, 5) is 33.9. The molecular weight excluding hydrogens is 284 g/mol. The van der Waals surface area contributed by atoms with E-state index < -0.39 is 0 Å². The van der Waals surface area contributed by atoms with Crippen LogP contribution in [0.5, 0.6) is 0 Å². The molecule has 1 aromatic carbocycles. The molecule has 0 saturated carbocycles. The summed E-state index contributed by atoms with van der Waals surface area (Å²) in [7, 11) is 1.37. The SMILES string of the molecule is COC(=O)CCCCCNC(=O)c1cccc(NC(C)=O)c1. The van der Waals surface area contributed by atoms with Crippen molar-refractivity contribution in [3.63, 3.8) is 0 Å². The minimum atomic E-state index is -0.209. The molecule has 0 aliphatic heterocycles. The highest BCUT2D eigenvalue weighted by Gasteiger charge is 2.06. The number of nitrogens with one attached hydrogen (secondary N) is 2. The molecule has 22 heavy (non-hydrogen) atoms. The maximum atomic E-state index is 12.0. The van der Waals surface area contributed by atoms with Gasteiger partial charge in [-0.3, -0.25) is 14.4 Å². The first kappa shape index (κ1) is 17.7. The quantitative estimate of drug-likeness (QED) is 0.569. The van der Waals surface area contributed by atoms with Gasteiger partial charge in [-0.2, -0.15) is 0 Å². The minimum absolute atomic E-state index is 0.178. The van der Waals surface area contributed by atoms with Gasteiger partial charge in [0.1, 0.15) is 0 Å². The standard InChI is InChI=1S/C16H22N2O4/c1-12(19)18-14-8-6-7-13(11-14)16(21)17-10-5-3-4-9-15(20)22-2/h6-8,11H,3-5,9-10H2,1-2H3,(H,17,21)(H,18,19). The molecule has 6 heteroatoms. The Bertz CT molecular complexity index is 529. The first-order chi connectivity index (χ1) is 10.5. The first-order valence-corrected chi connectivity index (χ1v) is 7.25. The average Bonchev–Trinajstić information content (AvgIpc) is 2.49. The monoisotopic (exact) mass is 306 g/mol. The van der Waals surface area contributed by atoms with Gasteiger partial charge in [0.25, 0.3) is 5.91 Å². The van der Waals surface area contributed by atoms with E-state index in [-0.39, 0.29) is 17.8 Å². The Hall–Kier alpha value is -2.37. The molecule has 0 aromatic heterocycles. The maximum Gasteiger partial charge on any atom is 0.305 e. The molecule has 0 radical (unpaired) electrons. The van der Waals surface area contributed by atoms with Crippen molar-refractivity contribution in [3.05, 3.63) is 29.8 Å². The zero-order chi connectivity index (χ0) is 16.4. The van der Waals surface area contributed by atoms with E-state index in [0.29, 0.717) is 24.2 Å². The number of carbonyl (C=O) groups excluding carboxylic acids is 3. The van der Waals surface area contributed by atoms with Crippen molar-refractivity contribution in [1.82, 2.24) is 5.32 Å². The number of ether oxygens (including phenoxy) is 1. The Morgan fingerprint density at radius 2 is 1.91 bits per heavy atom. The van der Waals surface area contributed by atoms with Crippen molar-refractivity contribution >= 4 is 23.5 Å². The number of esters is 1. The Morgan fingerprint density at radius 3 is 2.59 bits per heavy atom. The molecule has 0 saturated heterocycles. The fourth-order valence-electron chi connectivity index (χ4n) is 1.92. The number of hydrogen-bond donors (Lipinski definition) is 2. The van der Waals surface area contributed by atoms with Gasteiger partial charge in [0.2, 0.25) is 5.91 Å². The minimum Gasteiger partial charge on any atom is -0.469 e. The molecular formula is C16H22N2O4. The molecule has 0 fully saturated rings. The van der Waals surface area contributed by atoms with E-state index in [1.165, 1.54) is 14.0 Å². The highest BCUT2D eigenvalue weighted by atomic mass is 16.5. The summed E-state index contributed by atoms with van der Waals surface area (Å²) in [5.74, 6) is -0.567. The Kier molecular flexibility index (Phi) is 7.67. The number of hydrogen-bond acceptors (Lipinski definition) is 4. The van der Waals surface area contributed by atoms with E-state index >= 15 is 0 Å². The Labute approximate surface area is 130 Å². The summed E-state index contributed by atoms with van der Waals surface area (Å²) < 4.78 is 4.55. The lowest BCUT2D eigenvalue weighted by molar-refractivity contribution is -0.140. The van der Waals surface area contributed by atoms with E-state index in [2.05, 4.69) is 15.4 Å². The molecule has 0 aliphatic rings. The van der Waals surface area contributed by atoms with Crippen LogP contribution < -0.4 is 10.6 Å². The van der Waals surface area contributed by atoms with Crippen LogP contribution in [0, 0.1) is 0 Å². The summed E-state index contributed by atoms with van der Waals surface area (Å²) in [6, 6.07) is 6.77. The molecule has 0 aliphatic carbocycles. The zero-order valence-electron chi connectivity index (χ0n) is 13.0. The summed E-state index contributed by atoms with van der Waals surface area (Å²) in [5, 5.41) is 5.45. The molecule has 0 bridgehead atoms. The van der Waals surface area contributed by atoms with Crippen molar-refractivity contribution < 1.29 is 19.1 Å². The maximum absolute atomic E-state index is 12.0. The van der Waals surface area contributed by atoms with Crippen LogP contribution >= 0.6 is 0 Å². The highest BCUT2D eigenvalue weighted by Crippen LogP contribution is 2.10. The van der Waals surface area contributed by atoms with E-state index in [9.17, 15) is 14.4 Å². The van der Waals surface area contributed by atoms with Gasteiger partial charge in [-0.1, -0.05) is 12.5 Å². The fourth-order valence-corrected chi connectivity index (χ4v) is 1.92. The zero-order valence-corrected chi connectivity index (χ0v) is 13.0. The number of unbranched alkanes of at least 4 members (excludes halogenated alkanes) is 2. The third kappa shape index (κ3) is 6.88.